The molecule has 4 aromatic rings. The van der Waals surface area contributed by atoms with Gasteiger partial charge in [0.25, 0.3) is 5.56 Å². The highest BCUT2D eigenvalue weighted by Crippen LogP contribution is 2.33. The molecule has 2 amide bonds. The first-order valence-electron chi connectivity index (χ1n) is 12.4. The van der Waals surface area contributed by atoms with E-state index in [1.165, 1.54) is 29.9 Å². The van der Waals surface area contributed by atoms with Gasteiger partial charge in [-0.1, -0.05) is 31.2 Å². The molecule has 3 heterocycles. The second-order valence-corrected chi connectivity index (χ2v) is 10.2. The van der Waals surface area contributed by atoms with Crippen LogP contribution in [-0.2, 0) is 35.5 Å². The molecule has 0 aliphatic carbocycles. The number of amides is 2. The lowest BCUT2D eigenvalue weighted by atomic mass is 10.1. The number of rotatable bonds is 6. The summed E-state index contributed by atoms with van der Waals surface area (Å²) in [4.78, 5) is 55.9. The zero-order valence-corrected chi connectivity index (χ0v) is 22.3. The molecule has 0 unspecified atom stereocenters. The van der Waals surface area contributed by atoms with Crippen molar-refractivity contribution >= 4 is 39.1 Å². The third-order valence-electron chi connectivity index (χ3n) is 6.84. The van der Waals surface area contributed by atoms with Crippen molar-refractivity contribution < 1.29 is 14.3 Å². The average Bonchev–Trinajstić information content (AvgIpc) is 3.31. The molecule has 0 spiro atoms. The van der Waals surface area contributed by atoms with Gasteiger partial charge < -0.3 is 15.0 Å². The van der Waals surface area contributed by atoms with E-state index in [0.29, 0.717) is 46.9 Å². The standard InChI is InChI=1S/C28H28N4O5S/c1-4-18-9-11-19(12-10-18)29-24(34)16-31-27-25(20-13-14-30(17(2)33)15-23(20)38-27)26(35)32(28(31)36)21-7-5-6-8-22(21)37-3/h5-12H,4,13-16H2,1-3H3,(H,29,34). The minimum absolute atomic E-state index is 0.0506. The maximum atomic E-state index is 13.9. The number of aryl methyl sites for hydroxylation is 1. The molecule has 1 aliphatic rings. The number of fused-ring (bicyclic) bond motifs is 3. The van der Waals surface area contributed by atoms with Crippen LogP contribution in [0.3, 0.4) is 0 Å². The second-order valence-electron chi connectivity index (χ2n) is 9.15. The Labute approximate surface area is 222 Å². The minimum Gasteiger partial charge on any atom is -0.495 e. The number of para-hydroxylation sites is 2. The molecule has 0 saturated carbocycles. The molecule has 0 saturated heterocycles. The number of nitrogens with zero attached hydrogens (tertiary/aromatic N) is 3. The van der Waals surface area contributed by atoms with Crippen molar-refractivity contribution in [2.75, 3.05) is 19.0 Å². The van der Waals surface area contributed by atoms with Crippen molar-refractivity contribution in [1.29, 1.82) is 0 Å². The van der Waals surface area contributed by atoms with Gasteiger partial charge >= 0.3 is 5.69 Å². The van der Waals surface area contributed by atoms with E-state index in [4.69, 9.17) is 4.74 Å². The van der Waals surface area contributed by atoms with E-state index >= 15 is 0 Å². The first-order valence-corrected chi connectivity index (χ1v) is 13.2. The van der Waals surface area contributed by atoms with E-state index in [0.717, 1.165) is 27.0 Å². The number of methoxy groups -OCH3 is 1. The fraction of sp³-hybridized carbons (Fsp3) is 0.286. The maximum Gasteiger partial charge on any atom is 0.337 e. The molecule has 1 N–H and O–H groups in total. The van der Waals surface area contributed by atoms with Crippen molar-refractivity contribution in [2.24, 2.45) is 0 Å². The predicted molar refractivity (Wildman–Crippen MR) is 147 cm³/mol. The molecule has 0 bridgehead atoms. The quantitative estimate of drug-likeness (QED) is 0.410. The third kappa shape index (κ3) is 4.51. The van der Waals surface area contributed by atoms with Crippen molar-refractivity contribution in [3.63, 3.8) is 0 Å². The topological polar surface area (TPSA) is 103 Å². The summed E-state index contributed by atoms with van der Waals surface area (Å²) in [5.41, 5.74) is 1.80. The lowest BCUT2D eigenvalue weighted by Crippen LogP contribution is -2.41. The largest absolute Gasteiger partial charge is 0.495 e. The van der Waals surface area contributed by atoms with Gasteiger partial charge in [-0.3, -0.25) is 19.0 Å². The van der Waals surface area contributed by atoms with Gasteiger partial charge in [0.05, 0.1) is 24.7 Å². The summed E-state index contributed by atoms with van der Waals surface area (Å²) >= 11 is 1.29. The smallest absolute Gasteiger partial charge is 0.337 e. The van der Waals surface area contributed by atoms with Gasteiger partial charge in [0.2, 0.25) is 11.8 Å². The van der Waals surface area contributed by atoms with Crippen LogP contribution in [0, 0.1) is 0 Å². The fourth-order valence-corrected chi connectivity index (χ4v) is 6.16. The summed E-state index contributed by atoms with van der Waals surface area (Å²) in [6.07, 6.45) is 1.38. The lowest BCUT2D eigenvalue weighted by Gasteiger charge is -2.25. The fourth-order valence-electron chi connectivity index (χ4n) is 4.81. The Morgan fingerprint density at radius 2 is 1.82 bits per heavy atom. The van der Waals surface area contributed by atoms with Gasteiger partial charge in [0.1, 0.15) is 17.1 Å². The highest BCUT2D eigenvalue weighted by molar-refractivity contribution is 7.18. The number of benzene rings is 2. The molecule has 38 heavy (non-hydrogen) atoms. The molecule has 0 fully saturated rings. The van der Waals surface area contributed by atoms with Crippen molar-refractivity contribution in [2.45, 2.75) is 39.8 Å². The molecule has 9 nitrogen and oxygen atoms in total. The molecule has 0 radical (unpaired) electrons. The number of carbonyl (C=O) groups is 2. The first-order chi connectivity index (χ1) is 18.3. The summed E-state index contributed by atoms with van der Waals surface area (Å²) in [7, 11) is 1.47. The number of carbonyl (C=O) groups excluding carboxylic acids is 2. The van der Waals surface area contributed by atoms with Crippen LogP contribution in [0.4, 0.5) is 5.69 Å². The molecule has 196 valence electrons. The van der Waals surface area contributed by atoms with Crippen molar-refractivity contribution in [1.82, 2.24) is 14.0 Å². The van der Waals surface area contributed by atoms with E-state index in [2.05, 4.69) is 12.2 Å². The van der Waals surface area contributed by atoms with Gasteiger partial charge in [0.15, 0.2) is 0 Å². The Morgan fingerprint density at radius 1 is 1.08 bits per heavy atom. The minimum atomic E-state index is -0.634. The SMILES string of the molecule is CCc1ccc(NC(=O)Cn2c(=O)n(-c3ccccc3OC)c(=O)c3c4c(sc32)CN(C(C)=O)CC4)cc1. The van der Waals surface area contributed by atoms with Gasteiger partial charge in [-0.2, -0.15) is 0 Å². The number of thiophene rings is 1. The van der Waals surface area contributed by atoms with Crippen LogP contribution >= 0.6 is 11.3 Å². The molecular formula is C28H28N4O5S. The number of hydrogen-bond donors (Lipinski definition) is 1. The van der Waals surface area contributed by atoms with Crippen LogP contribution in [0.15, 0.2) is 58.1 Å². The molecule has 2 aromatic carbocycles. The summed E-state index contributed by atoms with van der Waals surface area (Å²) in [6.45, 7) is 4.13. The molecule has 0 atom stereocenters. The van der Waals surface area contributed by atoms with Gasteiger partial charge in [-0.05, 0) is 48.2 Å². The lowest BCUT2D eigenvalue weighted by molar-refractivity contribution is -0.129. The molecule has 10 heteroatoms. The maximum absolute atomic E-state index is 13.9. The summed E-state index contributed by atoms with van der Waals surface area (Å²) in [6, 6.07) is 14.3. The number of aromatic nitrogens is 2. The summed E-state index contributed by atoms with van der Waals surface area (Å²) in [5, 5.41) is 3.26. The number of ether oxygens (including phenoxy) is 1. The number of nitrogens with one attached hydrogen (secondary N) is 1. The molecule has 5 rings (SSSR count). The first kappa shape index (κ1) is 25.5. The normalized spacial score (nSPS) is 12.9. The van der Waals surface area contributed by atoms with Gasteiger partial charge in [-0.25, -0.2) is 9.36 Å². The van der Waals surface area contributed by atoms with Crippen LogP contribution in [0.2, 0.25) is 0 Å². The Kier molecular flexibility index (Phi) is 6.90. The van der Waals surface area contributed by atoms with Crippen LogP contribution in [0.5, 0.6) is 5.75 Å². The number of anilines is 1. The van der Waals surface area contributed by atoms with Crippen molar-refractivity contribution in [3.8, 4) is 11.4 Å². The zero-order chi connectivity index (χ0) is 27.0. The molecule has 2 aromatic heterocycles. The van der Waals surface area contributed by atoms with E-state index < -0.39 is 11.2 Å². The second kappa shape index (κ2) is 10.3. The summed E-state index contributed by atoms with van der Waals surface area (Å²) in [5.74, 6) is -0.0741. The van der Waals surface area contributed by atoms with Crippen molar-refractivity contribution in [3.05, 3.63) is 85.4 Å². The van der Waals surface area contributed by atoms with Crippen LogP contribution in [0.25, 0.3) is 15.9 Å². The Hall–Kier alpha value is -4.18. The van der Waals surface area contributed by atoms with E-state index in [9.17, 15) is 19.2 Å². The third-order valence-corrected chi connectivity index (χ3v) is 8.08. The van der Waals surface area contributed by atoms with Crippen LogP contribution in [0.1, 0.15) is 29.9 Å². The van der Waals surface area contributed by atoms with Crippen LogP contribution in [-0.4, -0.2) is 39.5 Å². The van der Waals surface area contributed by atoms with Gasteiger partial charge in [0, 0.05) is 24.0 Å². The predicted octanol–water partition coefficient (Wildman–Crippen LogP) is 3.33. The number of hydrogen-bond acceptors (Lipinski definition) is 6. The van der Waals surface area contributed by atoms with E-state index in [1.54, 1.807) is 29.2 Å². The monoisotopic (exact) mass is 532 g/mol. The van der Waals surface area contributed by atoms with E-state index in [1.807, 2.05) is 24.3 Å². The van der Waals surface area contributed by atoms with Gasteiger partial charge in [-0.15, -0.1) is 11.3 Å². The summed E-state index contributed by atoms with van der Waals surface area (Å²) < 4.78 is 7.87. The average molecular weight is 533 g/mol. The Balaban J connectivity index is 1.66. The zero-order valence-electron chi connectivity index (χ0n) is 21.4. The van der Waals surface area contributed by atoms with E-state index in [-0.39, 0.29) is 18.4 Å². The Bertz CT molecular complexity index is 1670. The molecular weight excluding hydrogens is 504 g/mol. The van der Waals surface area contributed by atoms with Crippen LogP contribution < -0.4 is 21.3 Å². The highest BCUT2D eigenvalue weighted by Gasteiger charge is 2.28. The molecule has 1 aliphatic heterocycles. The highest BCUT2D eigenvalue weighted by atomic mass is 32.1. The Morgan fingerprint density at radius 3 is 2.50 bits per heavy atom.